The second-order valence-corrected chi connectivity index (χ2v) is 7.53. The van der Waals surface area contributed by atoms with Gasteiger partial charge in [-0.2, -0.15) is 9.50 Å². The number of thiazole rings is 1. The van der Waals surface area contributed by atoms with Crippen molar-refractivity contribution in [2.45, 2.75) is 0 Å². The highest BCUT2D eigenvalue weighted by Gasteiger charge is 2.10. The molecule has 5 aromatic rings. The van der Waals surface area contributed by atoms with Crippen LogP contribution in [0.15, 0.2) is 72.3 Å². The number of nitrogens with zero attached hydrogens (tertiary/aromatic N) is 4. The van der Waals surface area contributed by atoms with Gasteiger partial charge in [0.1, 0.15) is 5.75 Å². The van der Waals surface area contributed by atoms with Gasteiger partial charge in [-0.05, 0) is 48.0 Å². The predicted molar refractivity (Wildman–Crippen MR) is 121 cm³/mol. The summed E-state index contributed by atoms with van der Waals surface area (Å²) in [5, 5.41) is 7.75. The summed E-state index contributed by atoms with van der Waals surface area (Å²) in [5.41, 5.74) is 10.2. The number of carbonyl (C=O) groups is 1. The summed E-state index contributed by atoms with van der Waals surface area (Å²) in [6.45, 7) is 0. The quantitative estimate of drug-likeness (QED) is 0.389. The first-order chi connectivity index (χ1) is 15.1. The fourth-order valence-corrected chi connectivity index (χ4v) is 3.72. The van der Waals surface area contributed by atoms with E-state index in [0.717, 1.165) is 21.5 Å². The van der Waals surface area contributed by atoms with Gasteiger partial charge in [-0.3, -0.25) is 4.79 Å². The van der Waals surface area contributed by atoms with Crippen LogP contribution in [-0.4, -0.2) is 25.5 Å². The Balaban J connectivity index is 1.42. The molecule has 152 valence electrons. The van der Waals surface area contributed by atoms with Crippen molar-refractivity contribution in [2.75, 3.05) is 5.32 Å². The molecule has 31 heavy (non-hydrogen) atoms. The van der Waals surface area contributed by atoms with Crippen molar-refractivity contribution in [1.29, 1.82) is 0 Å². The molecule has 3 N–H and O–H groups in total. The predicted octanol–water partition coefficient (Wildman–Crippen LogP) is 4.37. The highest BCUT2D eigenvalue weighted by atomic mass is 32.1. The molecule has 0 atom stereocenters. The van der Waals surface area contributed by atoms with Crippen LogP contribution in [-0.2, 0) is 4.79 Å². The molecule has 2 aromatic carbocycles. The van der Waals surface area contributed by atoms with Crippen molar-refractivity contribution in [1.82, 2.24) is 19.6 Å². The first-order valence-electron chi connectivity index (χ1n) is 9.35. The van der Waals surface area contributed by atoms with E-state index in [4.69, 9.17) is 10.5 Å². The number of amides is 1. The molecule has 0 radical (unpaired) electrons. The van der Waals surface area contributed by atoms with Crippen LogP contribution in [0.5, 0.6) is 11.6 Å². The number of hydrogen-bond acceptors (Lipinski definition) is 7. The van der Waals surface area contributed by atoms with Gasteiger partial charge in [-0.1, -0.05) is 18.2 Å². The number of aromatic nitrogens is 4. The molecule has 0 bridgehead atoms. The number of nitrogens with one attached hydrogen (secondary N) is 1. The summed E-state index contributed by atoms with van der Waals surface area (Å²) >= 11 is 1.60. The second kappa shape index (κ2) is 7.88. The van der Waals surface area contributed by atoms with Crippen LogP contribution in [0.2, 0.25) is 0 Å². The number of benzene rings is 2. The average molecular weight is 428 g/mol. The normalized spacial score (nSPS) is 11.4. The Bertz CT molecular complexity index is 1440. The van der Waals surface area contributed by atoms with E-state index in [-0.39, 0.29) is 0 Å². The fourth-order valence-electron chi connectivity index (χ4n) is 3.06. The van der Waals surface area contributed by atoms with Gasteiger partial charge in [-0.25, -0.2) is 4.98 Å². The van der Waals surface area contributed by atoms with Crippen LogP contribution in [0.3, 0.4) is 0 Å². The molecule has 0 unspecified atom stereocenters. The molecular weight excluding hydrogens is 412 g/mol. The topological polar surface area (TPSA) is 107 Å². The van der Waals surface area contributed by atoms with E-state index in [1.165, 1.54) is 6.08 Å². The molecule has 3 aromatic heterocycles. The molecule has 0 aliphatic rings. The summed E-state index contributed by atoms with van der Waals surface area (Å²) in [4.78, 5) is 19.8. The first kappa shape index (κ1) is 18.8. The fraction of sp³-hybridized carbons (Fsp3) is 0. The van der Waals surface area contributed by atoms with E-state index >= 15 is 0 Å². The molecule has 0 fully saturated rings. The number of fused-ring (bicyclic) bond motifs is 2. The van der Waals surface area contributed by atoms with Crippen LogP contribution < -0.4 is 15.8 Å². The average Bonchev–Trinajstić information content (AvgIpc) is 3.39. The zero-order chi connectivity index (χ0) is 21.2. The minimum Gasteiger partial charge on any atom is -0.439 e. The summed E-state index contributed by atoms with van der Waals surface area (Å²) in [5.74, 6) is 1.04. The molecule has 8 nitrogen and oxygen atoms in total. The van der Waals surface area contributed by atoms with Gasteiger partial charge in [0, 0.05) is 17.8 Å². The van der Waals surface area contributed by atoms with Crippen LogP contribution in [0.1, 0.15) is 5.56 Å². The number of rotatable bonds is 6. The molecule has 1 amide bonds. The summed E-state index contributed by atoms with van der Waals surface area (Å²) in [6, 6.07) is 18.7. The van der Waals surface area contributed by atoms with Gasteiger partial charge in [0.2, 0.25) is 17.7 Å². The number of hydrogen-bond donors (Lipinski definition) is 2. The zero-order valence-electron chi connectivity index (χ0n) is 16.1. The Morgan fingerprint density at radius 1 is 1.13 bits per heavy atom. The van der Waals surface area contributed by atoms with E-state index in [0.29, 0.717) is 23.2 Å². The monoisotopic (exact) mass is 428 g/mol. The Morgan fingerprint density at radius 3 is 2.94 bits per heavy atom. The SMILES string of the molecule is NC(=O)C=Cc1cccc(Oc2cccc3nc(Nc4ccc5scnc5c4)nn23)c1. The van der Waals surface area contributed by atoms with Crippen molar-refractivity contribution in [3.05, 3.63) is 77.8 Å². The third kappa shape index (κ3) is 4.07. The van der Waals surface area contributed by atoms with Gasteiger partial charge in [0.25, 0.3) is 0 Å². The molecule has 5 rings (SSSR count). The van der Waals surface area contributed by atoms with E-state index in [2.05, 4.69) is 20.4 Å². The minimum atomic E-state index is -0.507. The van der Waals surface area contributed by atoms with Crippen LogP contribution in [0, 0.1) is 0 Å². The van der Waals surface area contributed by atoms with E-state index in [1.807, 2.05) is 54.0 Å². The number of anilines is 2. The maximum atomic E-state index is 11.0. The third-order valence-electron chi connectivity index (χ3n) is 4.43. The van der Waals surface area contributed by atoms with E-state index in [9.17, 15) is 4.79 Å². The molecule has 9 heteroatoms. The summed E-state index contributed by atoms with van der Waals surface area (Å²) < 4.78 is 8.77. The lowest BCUT2D eigenvalue weighted by Gasteiger charge is -2.07. The number of primary amides is 1. The Morgan fingerprint density at radius 2 is 2.03 bits per heavy atom. The molecule has 0 saturated heterocycles. The maximum Gasteiger partial charge on any atom is 0.247 e. The zero-order valence-corrected chi connectivity index (χ0v) is 16.9. The van der Waals surface area contributed by atoms with Gasteiger partial charge in [0.15, 0.2) is 5.65 Å². The Kier molecular flexibility index (Phi) is 4.77. The van der Waals surface area contributed by atoms with Crippen LogP contribution in [0.4, 0.5) is 11.6 Å². The molecule has 0 aliphatic heterocycles. The van der Waals surface area contributed by atoms with Crippen molar-refractivity contribution < 1.29 is 9.53 Å². The highest BCUT2D eigenvalue weighted by molar-refractivity contribution is 7.16. The lowest BCUT2D eigenvalue weighted by Crippen LogP contribution is -2.05. The minimum absolute atomic E-state index is 0.448. The first-order valence-corrected chi connectivity index (χ1v) is 10.2. The van der Waals surface area contributed by atoms with Gasteiger partial charge < -0.3 is 15.8 Å². The van der Waals surface area contributed by atoms with Crippen molar-refractivity contribution in [3.63, 3.8) is 0 Å². The van der Waals surface area contributed by atoms with Crippen LogP contribution in [0.25, 0.3) is 21.9 Å². The van der Waals surface area contributed by atoms with Crippen molar-refractivity contribution in [3.8, 4) is 11.6 Å². The summed E-state index contributed by atoms with van der Waals surface area (Å²) in [7, 11) is 0. The Labute approximate surface area is 180 Å². The van der Waals surface area contributed by atoms with Crippen LogP contribution >= 0.6 is 11.3 Å². The van der Waals surface area contributed by atoms with Crippen molar-refractivity contribution in [2.24, 2.45) is 5.73 Å². The molecule has 0 aliphatic carbocycles. The largest absolute Gasteiger partial charge is 0.439 e. The maximum absolute atomic E-state index is 11.0. The standard InChI is InChI=1S/C22H16N6O2S/c23-19(29)10-7-14-3-1-4-16(11-14)30-21-6-2-5-20-26-22(27-28(20)21)25-15-8-9-18-17(12-15)24-13-31-18/h1-13H,(H2,23,29)(H,25,27). The van der Waals surface area contributed by atoms with E-state index < -0.39 is 5.91 Å². The number of carbonyl (C=O) groups excluding carboxylic acids is 1. The molecule has 3 heterocycles. The molecule has 0 spiro atoms. The number of nitrogens with two attached hydrogens (primary N) is 1. The molecular formula is C22H16N6O2S. The van der Waals surface area contributed by atoms with Gasteiger partial charge >= 0.3 is 0 Å². The third-order valence-corrected chi connectivity index (χ3v) is 5.24. The highest BCUT2D eigenvalue weighted by Crippen LogP contribution is 2.26. The summed E-state index contributed by atoms with van der Waals surface area (Å²) in [6.07, 6.45) is 2.94. The van der Waals surface area contributed by atoms with Gasteiger partial charge in [0.05, 0.1) is 15.7 Å². The lowest BCUT2D eigenvalue weighted by molar-refractivity contribution is -0.113. The smallest absolute Gasteiger partial charge is 0.247 e. The number of pyridine rings is 1. The lowest BCUT2D eigenvalue weighted by atomic mass is 10.2. The molecule has 0 saturated carbocycles. The second-order valence-electron chi connectivity index (χ2n) is 6.64. The Hall–Kier alpha value is -4.24. The van der Waals surface area contributed by atoms with E-state index in [1.54, 1.807) is 34.1 Å². The number of ether oxygens (including phenoxy) is 1. The van der Waals surface area contributed by atoms with Crippen molar-refractivity contribution >= 4 is 50.8 Å². The van der Waals surface area contributed by atoms with Gasteiger partial charge in [-0.15, -0.1) is 16.4 Å².